The van der Waals surface area contributed by atoms with Crippen LogP contribution in [0, 0.1) is 0 Å². The molecular weight excluding hydrogens is 519 g/mol. The third-order valence-corrected chi connectivity index (χ3v) is 5.57. The summed E-state index contributed by atoms with van der Waals surface area (Å²) in [5, 5.41) is 0. The van der Waals surface area contributed by atoms with Crippen LogP contribution in [0.15, 0.2) is 64.7 Å². The summed E-state index contributed by atoms with van der Waals surface area (Å²) in [7, 11) is 11.5. The number of nitrogens with zero attached hydrogens (tertiary/aromatic N) is 4. The number of aliphatic imine (C=N–C) groups is 2. The first-order valence-electron chi connectivity index (χ1n) is 11.5. The van der Waals surface area contributed by atoms with E-state index in [0.29, 0.717) is 0 Å². The zero-order valence-corrected chi connectivity index (χ0v) is 24.7. The summed E-state index contributed by atoms with van der Waals surface area (Å²) in [6.45, 7) is 17.3. The molecule has 190 valence electrons. The molecule has 0 aliphatic heterocycles. The van der Waals surface area contributed by atoms with Gasteiger partial charge in [-0.15, -0.1) is 0 Å². The van der Waals surface area contributed by atoms with Crippen molar-refractivity contribution in [1.82, 2.24) is 9.55 Å². The van der Waals surface area contributed by atoms with Gasteiger partial charge in [-0.3, -0.25) is 4.99 Å². The van der Waals surface area contributed by atoms with Crippen LogP contribution in [0.5, 0.6) is 0 Å². The molecule has 7 heteroatoms. The molecule has 0 atom stereocenters. The topological polar surface area (TPSA) is 42.5 Å². The first kappa shape index (κ1) is 29.3. The molecule has 0 aliphatic rings. The van der Waals surface area contributed by atoms with Crippen LogP contribution >= 0.6 is 20.2 Å². The van der Waals surface area contributed by atoms with Crippen LogP contribution in [-0.4, -0.2) is 21.0 Å². The summed E-state index contributed by atoms with van der Waals surface area (Å²) in [4.78, 5) is 14.8. The minimum absolute atomic E-state index is 0.0247. The van der Waals surface area contributed by atoms with Gasteiger partial charge in [-0.05, 0) is 47.9 Å². The van der Waals surface area contributed by atoms with Crippen molar-refractivity contribution in [2.24, 2.45) is 17.0 Å². The SMILES string of the molecule is CC(=Nc1ccccc1C(C)(C)C)c1cn(C)c(C(C)=Nc2ccccc2C(C)(C)C)n1.[Cl][Fe][Cl]. The molecule has 3 aromatic rings. The molecule has 0 spiro atoms. The van der Waals surface area contributed by atoms with E-state index in [1.807, 2.05) is 43.8 Å². The van der Waals surface area contributed by atoms with E-state index in [-0.39, 0.29) is 24.0 Å². The molecule has 0 fully saturated rings. The number of aromatic nitrogens is 2. The zero-order valence-electron chi connectivity index (χ0n) is 22.1. The van der Waals surface area contributed by atoms with Crippen LogP contribution in [0.1, 0.15) is 78.0 Å². The van der Waals surface area contributed by atoms with Crippen LogP contribution in [0.2, 0.25) is 0 Å². The fraction of sp³-hybridized carbons (Fsp3) is 0.393. The third-order valence-electron chi connectivity index (χ3n) is 5.57. The molecule has 2 aromatic carbocycles. The predicted molar refractivity (Wildman–Crippen MR) is 149 cm³/mol. The number of benzene rings is 2. The second-order valence-electron chi connectivity index (χ2n) is 10.5. The summed E-state index contributed by atoms with van der Waals surface area (Å²) >= 11 is 0.194. The van der Waals surface area contributed by atoms with E-state index < -0.39 is 0 Å². The van der Waals surface area contributed by atoms with Gasteiger partial charge in [-0.1, -0.05) is 77.9 Å². The first-order chi connectivity index (χ1) is 16.3. The third kappa shape index (κ3) is 8.05. The van der Waals surface area contributed by atoms with Gasteiger partial charge in [-0.25, -0.2) is 9.98 Å². The molecule has 1 heterocycles. The van der Waals surface area contributed by atoms with Gasteiger partial charge in [0.25, 0.3) is 0 Å². The fourth-order valence-electron chi connectivity index (χ4n) is 3.86. The van der Waals surface area contributed by atoms with Crippen molar-refractivity contribution in [3.63, 3.8) is 0 Å². The summed E-state index contributed by atoms with van der Waals surface area (Å²) in [6.07, 6.45) is 2.03. The molecular formula is C28H36Cl2FeN4. The minimum atomic E-state index is 0.0247. The van der Waals surface area contributed by atoms with E-state index >= 15 is 0 Å². The van der Waals surface area contributed by atoms with E-state index in [9.17, 15) is 0 Å². The van der Waals surface area contributed by atoms with Gasteiger partial charge in [0.2, 0.25) is 0 Å². The molecule has 0 radical (unpaired) electrons. The van der Waals surface area contributed by atoms with Crippen LogP contribution in [-0.2, 0) is 31.0 Å². The van der Waals surface area contributed by atoms with Gasteiger partial charge in [0.05, 0.1) is 22.8 Å². The molecule has 1 aromatic heterocycles. The van der Waals surface area contributed by atoms with E-state index in [2.05, 4.69) is 77.9 Å². The van der Waals surface area contributed by atoms with Crippen molar-refractivity contribution in [1.29, 1.82) is 0 Å². The van der Waals surface area contributed by atoms with E-state index in [0.717, 1.165) is 34.3 Å². The fourth-order valence-corrected chi connectivity index (χ4v) is 3.86. The Hall–Kier alpha value is -1.91. The van der Waals surface area contributed by atoms with E-state index in [4.69, 9.17) is 35.2 Å². The molecule has 0 aliphatic carbocycles. The Morgan fingerprint density at radius 1 is 0.771 bits per heavy atom. The average molecular weight is 555 g/mol. The number of hydrogen-bond donors (Lipinski definition) is 0. The summed E-state index contributed by atoms with van der Waals surface area (Å²) in [5.74, 6) is 0.849. The van der Waals surface area contributed by atoms with E-state index in [1.165, 1.54) is 11.1 Å². The van der Waals surface area contributed by atoms with E-state index in [1.54, 1.807) is 0 Å². The number of halogens is 2. The summed E-state index contributed by atoms with van der Waals surface area (Å²) in [5.41, 5.74) is 7.14. The van der Waals surface area contributed by atoms with Crippen molar-refractivity contribution in [3.05, 3.63) is 77.4 Å². The van der Waals surface area contributed by atoms with Crippen molar-refractivity contribution < 1.29 is 13.1 Å². The number of hydrogen-bond acceptors (Lipinski definition) is 3. The molecule has 0 N–H and O–H groups in total. The number of rotatable bonds is 4. The van der Waals surface area contributed by atoms with Crippen LogP contribution in [0.4, 0.5) is 11.4 Å². The molecule has 0 saturated carbocycles. The second-order valence-corrected chi connectivity index (χ2v) is 12.4. The predicted octanol–water partition coefficient (Wildman–Crippen LogP) is 8.67. The Bertz CT molecular complexity index is 1200. The van der Waals surface area contributed by atoms with Crippen molar-refractivity contribution in [3.8, 4) is 0 Å². The normalized spacial score (nSPS) is 13.0. The maximum absolute atomic E-state index is 4.95. The van der Waals surface area contributed by atoms with Gasteiger partial charge in [-0.2, -0.15) is 0 Å². The van der Waals surface area contributed by atoms with Crippen molar-refractivity contribution >= 4 is 43.0 Å². The monoisotopic (exact) mass is 554 g/mol. The summed E-state index contributed by atoms with van der Waals surface area (Å²) < 4.78 is 2.03. The van der Waals surface area contributed by atoms with Gasteiger partial charge < -0.3 is 4.57 Å². The van der Waals surface area contributed by atoms with Gasteiger partial charge in [0, 0.05) is 13.2 Å². The first-order valence-corrected chi connectivity index (χ1v) is 14.5. The van der Waals surface area contributed by atoms with Gasteiger partial charge in [0.1, 0.15) is 5.69 Å². The molecule has 0 amide bonds. The zero-order chi connectivity index (χ0) is 26.4. The van der Waals surface area contributed by atoms with Crippen molar-refractivity contribution in [2.75, 3.05) is 0 Å². The second kappa shape index (κ2) is 12.4. The molecule has 4 nitrogen and oxygen atoms in total. The Kier molecular flexibility index (Phi) is 10.4. The molecule has 3 rings (SSSR count). The van der Waals surface area contributed by atoms with Crippen LogP contribution < -0.4 is 0 Å². The molecule has 0 bridgehead atoms. The molecule has 35 heavy (non-hydrogen) atoms. The standard InChI is InChI=1S/C28H36N4.2ClH.Fe/c1-19(29-23-16-12-10-14-21(23)27(3,4)5)25-18-32(9)26(31-25)20(2)30-24-17-13-11-15-22(24)28(6,7)8;;;/h10-18H,1-9H3;2*1H;/q;;;+2/p-2. The quantitative estimate of drug-likeness (QED) is 0.235. The Labute approximate surface area is 225 Å². The Balaban J connectivity index is 0.00000137. The maximum atomic E-state index is 4.95. The number of imidazole rings is 1. The van der Waals surface area contributed by atoms with Gasteiger partial charge >= 0.3 is 33.3 Å². The molecule has 0 unspecified atom stereocenters. The van der Waals surface area contributed by atoms with Crippen molar-refractivity contribution in [2.45, 2.75) is 66.2 Å². The van der Waals surface area contributed by atoms with Crippen LogP contribution in [0.3, 0.4) is 0 Å². The Morgan fingerprint density at radius 2 is 1.17 bits per heavy atom. The Morgan fingerprint density at radius 3 is 1.60 bits per heavy atom. The van der Waals surface area contributed by atoms with Gasteiger partial charge in [0.15, 0.2) is 5.82 Å². The number of aryl methyl sites for hydroxylation is 1. The number of para-hydroxylation sites is 2. The average Bonchev–Trinajstić information content (AvgIpc) is 3.15. The van der Waals surface area contributed by atoms with Crippen LogP contribution in [0.25, 0.3) is 0 Å². The molecule has 0 saturated heterocycles. The summed E-state index contributed by atoms with van der Waals surface area (Å²) in [6, 6.07) is 16.7.